The minimum atomic E-state index is -0.994. The summed E-state index contributed by atoms with van der Waals surface area (Å²) in [6, 6.07) is -0.417. The van der Waals surface area contributed by atoms with Crippen molar-refractivity contribution in [1.29, 1.82) is 0 Å². The molecule has 0 aliphatic rings. The lowest BCUT2D eigenvalue weighted by Crippen LogP contribution is -2.42. The van der Waals surface area contributed by atoms with Crippen LogP contribution in [0.1, 0.15) is 6.42 Å². The standard InChI is InChI=1S/C7H15NO3S/c1-11-6(7(9)10)5(8)3-4-12-2/h5-6H,3-4,8H2,1-2H3,(H,9,10)/t5-,6+/m1/s1. The molecule has 0 aliphatic carbocycles. The van der Waals surface area contributed by atoms with E-state index in [1.807, 2.05) is 6.26 Å². The van der Waals surface area contributed by atoms with Crippen LogP contribution in [0.3, 0.4) is 0 Å². The molecule has 5 heteroatoms. The SMILES string of the molecule is CO[C@H](C(=O)O)[C@H](N)CCSC. The van der Waals surface area contributed by atoms with E-state index < -0.39 is 18.1 Å². The molecule has 0 rings (SSSR count). The lowest BCUT2D eigenvalue weighted by molar-refractivity contribution is -0.149. The van der Waals surface area contributed by atoms with Crippen molar-refractivity contribution in [2.24, 2.45) is 5.73 Å². The van der Waals surface area contributed by atoms with E-state index in [1.54, 1.807) is 11.8 Å². The summed E-state index contributed by atoms with van der Waals surface area (Å²) in [5, 5.41) is 8.63. The Hall–Kier alpha value is -0.260. The van der Waals surface area contributed by atoms with Crippen molar-refractivity contribution in [2.45, 2.75) is 18.6 Å². The zero-order valence-electron chi connectivity index (χ0n) is 7.32. The van der Waals surface area contributed by atoms with Crippen molar-refractivity contribution in [3.05, 3.63) is 0 Å². The fourth-order valence-electron chi connectivity index (χ4n) is 0.864. The van der Waals surface area contributed by atoms with Gasteiger partial charge in [-0.3, -0.25) is 0 Å². The van der Waals surface area contributed by atoms with E-state index >= 15 is 0 Å². The van der Waals surface area contributed by atoms with Crippen LogP contribution >= 0.6 is 11.8 Å². The molecule has 0 aromatic carbocycles. The maximum Gasteiger partial charge on any atom is 0.334 e. The molecule has 0 heterocycles. The van der Waals surface area contributed by atoms with E-state index in [9.17, 15) is 4.79 Å². The molecule has 3 N–H and O–H groups in total. The van der Waals surface area contributed by atoms with Gasteiger partial charge in [0.05, 0.1) is 0 Å². The third-order valence-electron chi connectivity index (χ3n) is 1.54. The Morgan fingerprint density at radius 2 is 2.33 bits per heavy atom. The van der Waals surface area contributed by atoms with E-state index in [4.69, 9.17) is 15.6 Å². The van der Waals surface area contributed by atoms with Crippen molar-refractivity contribution in [3.8, 4) is 0 Å². The van der Waals surface area contributed by atoms with Crippen LogP contribution in [0.4, 0.5) is 0 Å². The molecular formula is C7H15NO3S. The lowest BCUT2D eigenvalue weighted by atomic mass is 10.1. The Balaban J connectivity index is 3.85. The Labute approximate surface area is 76.5 Å². The minimum Gasteiger partial charge on any atom is -0.479 e. The van der Waals surface area contributed by atoms with E-state index in [0.29, 0.717) is 6.42 Å². The summed E-state index contributed by atoms with van der Waals surface area (Å²) in [5.74, 6) is -0.139. The van der Waals surface area contributed by atoms with Gasteiger partial charge in [-0.05, 0) is 18.4 Å². The third kappa shape index (κ3) is 3.94. The van der Waals surface area contributed by atoms with E-state index in [2.05, 4.69) is 0 Å². The van der Waals surface area contributed by atoms with Crippen LogP contribution in [0.15, 0.2) is 0 Å². The summed E-state index contributed by atoms with van der Waals surface area (Å²) < 4.78 is 4.74. The van der Waals surface area contributed by atoms with Gasteiger partial charge < -0.3 is 15.6 Å². The summed E-state index contributed by atoms with van der Waals surface area (Å²) in [7, 11) is 1.36. The predicted octanol–water partition coefficient (Wildman–Crippen LogP) is 0.166. The van der Waals surface area contributed by atoms with Crippen LogP contribution in [-0.2, 0) is 9.53 Å². The maximum absolute atomic E-state index is 10.5. The molecule has 0 aromatic rings. The molecule has 2 atom stereocenters. The van der Waals surface area contributed by atoms with Crippen molar-refractivity contribution in [2.75, 3.05) is 19.1 Å². The lowest BCUT2D eigenvalue weighted by Gasteiger charge is -2.17. The number of carboxylic acids is 1. The number of carboxylic acid groups (broad SMARTS) is 1. The van der Waals surface area contributed by atoms with Gasteiger partial charge in [0.2, 0.25) is 0 Å². The molecule has 72 valence electrons. The Kier molecular flexibility index (Phi) is 6.14. The molecular weight excluding hydrogens is 178 g/mol. The molecule has 0 aromatic heterocycles. The first-order valence-corrected chi connectivity index (χ1v) is 5.03. The molecule has 0 unspecified atom stereocenters. The monoisotopic (exact) mass is 193 g/mol. The minimum absolute atomic E-state index is 0.417. The highest BCUT2D eigenvalue weighted by molar-refractivity contribution is 7.98. The summed E-state index contributed by atoms with van der Waals surface area (Å²) >= 11 is 1.64. The highest BCUT2D eigenvalue weighted by Gasteiger charge is 2.23. The van der Waals surface area contributed by atoms with Crippen molar-refractivity contribution in [1.82, 2.24) is 0 Å². The average Bonchev–Trinajstić information content (AvgIpc) is 2.01. The fourth-order valence-corrected chi connectivity index (χ4v) is 1.37. The summed E-state index contributed by atoms with van der Waals surface area (Å²) in [5.41, 5.74) is 5.60. The van der Waals surface area contributed by atoms with Crippen LogP contribution < -0.4 is 5.73 Å². The number of hydrogen-bond donors (Lipinski definition) is 2. The van der Waals surface area contributed by atoms with Gasteiger partial charge in [-0.25, -0.2) is 4.79 Å². The predicted molar refractivity (Wildman–Crippen MR) is 49.4 cm³/mol. The Morgan fingerprint density at radius 1 is 1.75 bits per heavy atom. The zero-order chi connectivity index (χ0) is 9.56. The first-order chi connectivity index (χ1) is 5.63. The summed E-state index contributed by atoms with van der Waals surface area (Å²) in [4.78, 5) is 10.5. The molecule has 0 radical (unpaired) electrons. The second-order valence-corrected chi connectivity index (χ2v) is 3.43. The molecule has 0 fully saturated rings. The topological polar surface area (TPSA) is 72.5 Å². The molecule has 0 saturated heterocycles. The Bertz CT molecular complexity index is 143. The molecule has 0 saturated carbocycles. The van der Waals surface area contributed by atoms with Crippen LogP contribution in [0.2, 0.25) is 0 Å². The highest BCUT2D eigenvalue weighted by atomic mass is 32.2. The number of ether oxygens (including phenoxy) is 1. The van der Waals surface area contributed by atoms with Gasteiger partial charge in [-0.15, -0.1) is 0 Å². The van der Waals surface area contributed by atoms with E-state index in [0.717, 1.165) is 5.75 Å². The van der Waals surface area contributed by atoms with Crippen LogP contribution in [0, 0.1) is 0 Å². The van der Waals surface area contributed by atoms with Gasteiger partial charge in [0.25, 0.3) is 0 Å². The zero-order valence-corrected chi connectivity index (χ0v) is 8.13. The smallest absolute Gasteiger partial charge is 0.334 e. The molecule has 0 spiro atoms. The molecule has 0 aliphatic heterocycles. The number of aliphatic carboxylic acids is 1. The molecule has 0 amide bonds. The first-order valence-electron chi connectivity index (χ1n) is 3.63. The van der Waals surface area contributed by atoms with E-state index in [1.165, 1.54) is 7.11 Å². The number of methoxy groups -OCH3 is 1. The van der Waals surface area contributed by atoms with Gasteiger partial charge >= 0.3 is 5.97 Å². The Morgan fingerprint density at radius 3 is 2.67 bits per heavy atom. The number of carbonyl (C=O) groups is 1. The highest BCUT2D eigenvalue weighted by Crippen LogP contribution is 2.04. The normalized spacial score (nSPS) is 15.6. The van der Waals surface area contributed by atoms with Crippen molar-refractivity contribution < 1.29 is 14.6 Å². The van der Waals surface area contributed by atoms with Crippen molar-refractivity contribution in [3.63, 3.8) is 0 Å². The number of hydrogen-bond acceptors (Lipinski definition) is 4. The van der Waals surface area contributed by atoms with Gasteiger partial charge in [0.15, 0.2) is 6.10 Å². The first kappa shape index (κ1) is 11.7. The molecule has 4 nitrogen and oxygen atoms in total. The van der Waals surface area contributed by atoms with Crippen LogP contribution in [-0.4, -0.2) is 42.3 Å². The van der Waals surface area contributed by atoms with Crippen molar-refractivity contribution >= 4 is 17.7 Å². The maximum atomic E-state index is 10.5. The number of thioether (sulfide) groups is 1. The van der Waals surface area contributed by atoms with Crippen LogP contribution in [0.5, 0.6) is 0 Å². The van der Waals surface area contributed by atoms with Gasteiger partial charge in [-0.2, -0.15) is 11.8 Å². The van der Waals surface area contributed by atoms with Gasteiger partial charge in [-0.1, -0.05) is 0 Å². The second-order valence-electron chi connectivity index (χ2n) is 2.44. The summed E-state index contributed by atoms with van der Waals surface area (Å²) in [6.45, 7) is 0. The van der Waals surface area contributed by atoms with E-state index in [-0.39, 0.29) is 0 Å². The van der Waals surface area contributed by atoms with Crippen LogP contribution in [0.25, 0.3) is 0 Å². The third-order valence-corrected chi connectivity index (χ3v) is 2.19. The number of nitrogens with two attached hydrogens (primary N) is 1. The largest absolute Gasteiger partial charge is 0.479 e. The second kappa shape index (κ2) is 6.28. The number of rotatable bonds is 6. The summed E-state index contributed by atoms with van der Waals surface area (Å²) in [6.07, 6.45) is 1.73. The fraction of sp³-hybridized carbons (Fsp3) is 0.857. The quantitative estimate of drug-likeness (QED) is 0.629. The molecule has 0 bridgehead atoms. The van der Waals surface area contributed by atoms with Gasteiger partial charge in [0.1, 0.15) is 0 Å². The van der Waals surface area contributed by atoms with Gasteiger partial charge in [0, 0.05) is 13.2 Å². The average molecular weight is 193 g/mol. The molecule has 12 heavy (non-hydrogen) atoms.